The van der Waals surface area contributed by atoms with Gasteiger partial charge in [-0.1, -0.05) is 11.6 Å². The van der Waals surface area contributed by atoms with Crippen LogP contribution >= 0.6 is 11.6 Å². The van der Waals surface area contributed by atoms with Gasteiger partial charge in [-0.15, -0.1) is 0 Å². The lowest BCUT2D eigenvalue weighted by molar-refractivity contribution is -0.0497. The maximum absolute atomic E-state index is 12.4. The Hall–Kier alpha value is -2.43. The van der Waals surface area contributed by atoms with Crippen LogP contribution in [0.25, 0.3) is 0 Å². The molecule has 0 fully saturated rings. The molecule has 2 aromatic rings. The quantitative estimate of drug-likeness (QED) is 0.766. The number of alkyl halides is 2. The fourth-order valence-corrected chi connectivity index (χ4v) is 2.78. The molecule has 2 aromatic carbocycles. The summed E-state index contributed by atoms with van der Waals surface area (Å²) in [6.07, 6.45) is 0. The summed E-state index contributed by atoms with van der Waals surface area (Å²) in [7, 11) is -2.72. The topological polar surface area (TPSA) is 108 Å². The average molecular weight is 407 g/mol. The van der Waals surface area contributed by atoms with E-state index in [1.54, 1.807) is 0 Å². The van der Waals surface area contributed by atoms with Gasteiger partial charge in [0.25, 0.3) is 5.91 Å². The first-order valence-corrected chi connectivity index (χ1v) is 8.81. The molecular weight excluding hydrogens is 394 g/mol. The number of rotatable bonds is 6. The fraction of sp³-hybridized carbons (Fsp3) is 0.133. The molecule has 0 spiro atoms. The number of hydrogen-bond donors (Lipinski definition) is 2. The normalized spacial score (nSPS) is 11.3. The first kappa shape index (κ1) is 19.9. The number of nitrogens with one attached hydrogen (secondary N) is 1. The summed E-state index contributed by atoms with van der Waals surface area (Å²) >= 11 is 5.82. The summed E-state index contributed by atoms with van der Waals surface area (Å²) in [5.74, 6) is -0.863. The SMILES string of the molecule is COc1ccc(S(N)(=O)=O)cc1C(=O)Nc1ccc(OC(F)F)c(Cl)c1. The van der Waals surface area contributed by atoms with Crippen molar-refractivity contribution in [2.24, 2.45) is 5.14 Å². The molecule has 0 heterocycles. The zero-order valence-electron chi connectivity index (χ0n) is 13.2. The molecule has 0 saturated heterocycles. The highest BCUT2D eigenvalue weighted by Crippen LogP contribution is 2.30. The summed E-state index contributed by atoms with van der Waals surface area (Å²) in [4.78, 5) is 12.2. The largest absolute Gasteiger partial charge is 0.496 e. The number of carbonyl (C=O) groups excluding carboxylic acids is 1. The van der Waals surface area contributed by atoms with Crippen molar-refractivity contribution in [3.8, 4) is 11.5 Å². The minimum atomic E-state index is -4.02. The molecule has 26 heavy (non-hydrogen) atoms. The fourth-order valence-electron chi connectivity index (χ4n) is 2.01. The van der Waals surface area contributed by atoms with Gasteiger partial charge >= 0.3 is 6.61 Å². The van der Waals surface area contributed by atoms with Gasteiger partial charge in [0.2, 0.25) is 10.0 Å². The Balaban J connectivity index is 2.31. The van der Waals surface area contributed by atoms with E-state index in [2.05, 4.69) is 10.1 Å². The van der Waals surface area contributed by atoms with E-state index in [9.17, 15) is 22.0 Å². The number of methoxy groups -OCH3 is 1. The van der Waals surface area contributed by atoms with Crippen LogP contribution in [0.3, 0.4) is 0 Å². The van der Waals surface area contributed by atoms with Gasteiger partial charge in [0.1, 0.15) is 11.5 Å². The zero-order valence-corrected chi connectivity index (χ0v) is 14.8. The van der Waals surface area contributed by atoms with Crippen molar-refractivity contribution in [1.29, 1.82) is 0 Å². The lowest BCUT2D eigenvalue weighted by atomic mass is 10.2. The van der Waals surface area contributed by atoms with E-state index in [1.165, 1.54) is 31.4 Å². The number of hydrogen-bond acceptors (Lipinski definition) is 5. The molecule has 0 bridgehead atoms. The third kappa shape index (κ3) is 4.81. The van der Waals surface area contributed by atoms with Crippen LogP contribution in [0.1, 0.15) is 10.4 Å². The van der Waals surface area contributed by atoms with E-state index in [0.717, 1.165) is 12.1 Å². The molecular formula is C15H13ClF2N2O5S. The van der Waals surface area contributed by atoms with E-state index in [1.807, 2.05) is 0 Å². The first-order valence-electron chi connectivity index (χ1n) is 6.88. The van der Waals surface area contributed by atoms with Gasteiger partial charge in [-0.3, -0.25) is 4.79 Å². The zero-order chi connectivity index (χ0) is 19.5. The van der Waals surface area contributed by atoms with Crippen LogP contribution in [0.5, 0.6) is 11.5 Å². The molecule has 0 aliphatic rings. The van der Waals surface area contributed by atoms with Crippen molar-refractivity contribution in [1.82, 2.24) is 0 Å². The van der Waals surface area contributed by atoms with Crippen LogP contribution in [0.4, 0.5) is 14.5 Å². The van der Waals surface area contributed by atoms with Crippen molar-refractivity contribution in [3.63, 3.8) is 0 Å². The standard InChI is InChI=1S/C15H13ClF2N2O5S/c1-24-12-5-3-9(26(19,22)23)7-10(12)14(21)20-8-2-4-13(11(16)6-8)25-15(17)18/h2-7,15H,1H3,(H,20,21)(H2,19,22,23). The number of anilines is 1. The predicted molar refractivity (Wildman–Crippen MR) is 90.4 cm³/mol. The Morgan fingerprint density at radius 1 is 1.19 bits per heavy atom. The van der Waals surface area contributed by atoms with E-state index in [-0.39, 0.29) is 32.7 Å². The highest BCUT2D eigenvalue weighted by Gasteiger charge is 2.18. The van der Waals surface area contributed by atoms with Gasteiger partial charge in [-0.05, 0) is 36.4 Å². The Labute approximate surface area is 152 Å². The number of halogens is 3. The third-order valence-corrected chi connectivity index (χ3v) is 4.36. The molecule has 0 aromatic heterocycles. The van der Waals surface area contributed by atoms with Crippen LogP contribution in [0.2, 0.25) is 5.02 Å². The third-order valence-electron chi connectivity index (χ3n) is 3.15. The number of sulfonamides is 1. The Bertz CT molecular complexity index is 938. The lowest BCUT2D eigenvalue weighted by Crippen LogP contribution is -2.16. The number of nitrogens with two attached hydrogens (primary N) is 1. The number of amides is 1. The van der Waals surface area contributed by atoms with Crippen molar-refractivity contribution >= 4 is 33.2 Å². The van der Waals surface area contributed by atoms with Crippen molar-refractivity contribution in [2.45, 2.75) is 11.5 Å². The molecule has 11 heteroatoms. The van der Waals surface area contributed by atoms with Crippen LogP contribution in [0.15, 0.2) is 41.3 Å². The van der Waals surface area contributed by atoms with E-state index >= 15 is 0 Å². The Morgan fingerprint density at radius 2 is 1.85 bits per heavy atom. The Kier molecular flexibility index (Phi) is 6.01. The predicted octanol–water partition coefficient (Wildman–Crippen LogP) is 2.85. The minimum absolute atomic E-state index is 0.0944. The smallest absolute Gasteiger partial charge is 0.387 e. The number of carbonyl (C=O) groups is 1. The lowest BCUT2D eigenvalue weighted by Gasteiger charge is -2.12. The van der Waals surface area contributed by atoms with Crippen molar-refractivity contribution in [3.05, 3.63) is 47.0 Å². The van der Waals surface area contributed by atoms with Gasteiger partial charge in [0.15, 0.2) is 0 Å². The molecule has 140 valence electrons. The average Bonchev–Trinajstić information content (AvgIpc) is 2.55. The van der Waals surface area contributed by atoms with Crippen LogP contribution in [-0.4, -0.2) is 28.0 Å². The van der Waals surface area contributed by atoms with Gasteiger partial charge in [0, 0.05) is 5.69 Å². The van der Waals surface area contributed by atoms with E-state index < -0.39 is 22.5 Å². The number of primary sulfonamides is 1. The summed E-state index contributed by atoms with van der Waals surface area (Å²) < 4.78 is 56.6. The highest BCUT2D eigenvalue weighted by atomic mass is 35.5. The molecule has 3 N–H and O–H groups in total. The van der Waals surface area contributed by atoms with E-state index in [4.69, 9.17) is 21.5 Å². The molecule has 0 saturated carbocycles. The minimum Gasteiger partial charge on any atom is -0.496 e. The Morgan fingerprint density at radius 3 is 2.38 bits per heavy atom. The van der Waals surface area contributed by atoms with Gasteiger partial charge in [-0.25, -0.2) is 13.6 Å². The van der Waals surface area contributed by atoms with E-state index in [0.29, 0.717) is 0 Å². The summed E-state index contributed by atoms with van der Waals surface area (Å²) in [5.41, 5.74) is 0.0766. The summed E-state index contributed by atoms with van der Waals surface area (Å²) in [5, 5.41) is 7.36. The molecule has 1 amide bonds. The molecule has 2 rings (SSSR count). The number of ether oxygens (including phenoxy) is 2. The van der Waals surface area contributed by atoms with Crippen molar-refractivity contribution in [2.75, 3.05) is 12.4 Å². The van der Waals surface area contributed by atoms with Crippen LogP contribution in [-0.2, 0) is 10.0 Å². The molecule has 0 aliphatic heterocycles. The molecule has 0 atom stereocenters. The molecule has 0 aliphatic carbocycles. The first-order chi connectivity index (χ1) is 12.1. The molecule has 0 radical (unpaired) electrons. The second-order valence-electron chi connectivity index (χ2n) is 4.88. The highest BCUT2D eigenvalue weighted by molar-refractivity contribution is 7.89. The second-order valence-corrected chi connectivity index (χ2v) is 6.85. The molecule has 7 nitrogen and oxygen atoms in total. The van der Waals surface area contributed by atoms with Gasteiger partial charge < -0.3 is 14.8 Å². The maximum atomic E-state index is 12.4. The van der Waals surface area contributed by atoms with Crippen LogP contribution < -0.4 is 19.9 Å². The molecule has 0 unspecified atom stereocenters. The van der Waals surface area contributed by atoms with Gasteiger partial charge in [0.05, 0.1) is 22.6 Å². The van der Waals surface area contributed by atoms with Crippen LogP contribution in [0, 0.1) is 0 Å². The number of benzene rings is 2. The second kappa shape index (κ2) is 7.85. The van der Waals surface area contributed by atoms with Gasteiger partial charge in [-0.2, -0.15) is 8.78 Å². The maximum Gasteiger partial charge on any atom is 0.387 e. The summed E-state index contributed by atoms with van der Waals surface area (Å²) in [6.45, 7) is -3.04. The summed E-state index contributed by atoms with van der Waals surface area (Å²) in [6, 6.07) is 7.17. The monoisotopic (exact) mass is 406 g/mol. The van der Waals surface area contributed by atoms with Crippen molar-refractivity contribution < 1.29 is 31.5 Å².